The van der Waals surface area contributed by atoms with E-state index in [-0.39, 0.29) is 28.4 Å². The molecule has 0 fully saturated rings. The maximum atomic E-state index is 14.3. The zero-order chi connectivity index (χ0) is 25.5. The summed E-state index contributed by atoms with van der Waals surface area (Å²) in [5.74, 6) is 1.24. The van der Waals surface area contributed by atoms with E-state index < -0.39 is 33.6 Å². The van der Waals surface area contributed by atoms with E-state index in [9.17, 15) is 30.8 Å². The van der Waals surface area contributed by atoms with Crippen molar-refractivity contribution >= 4 is 39.5 Å². The zero-order valence-electron chi connectivity index (χ0n) is 18.2. The van der Waals surface area contributed by atoms with Crippen LogP contribution in [0.25, 0.3) is 6.08 Å². The highest BCUT2D eigenvalue weighted by Crippen LogP contribution is 2.31. The molecular formula is C22H21F4N3O3S2. The second-order valence-electron chi connectivity index (χ2n) is 7.01. The van der Waals surface area contributed by atoms with E-state index in [1.54, 1.807) is 0 Å². The van der Waals surface area contributed by atoms with E-state index in [4.69, 9.17) is 6.42 Å². The van der Waals surface area contributed by atoms with E-state index in [0.717, 1.165) is 42.6 Å². The minimum Gasteiger partial charge on any atom is -0.348 e. The number of hydrogen-bond acceptors (Lipinski definition) is 5. The topological polar surface area (TPSA) is 88.2 Å². The summed E-state index contributed by atoms with van der Waals surface area (Å²) >= 11 is 1.15. The van der Waals surface area contributed by atoms with Crippen molar-refractivity contribution in [2.75, 3.05) is 16.7 Å². The molecule has 1 heterocycles. The van der Waals surface area contributed by atoms with E-state index in [0.29, 0.717) is 11.3 Å². The molecule has 2 rings (SSSR count). The molecule has 0 saturated heterocycles. The Morgan fingerprint density at radius 2 is 2.00 bits per heavy atom. The number of carbonyl (C=O) groups is 1. The highest BCUT2D eigenvalue weighted by Gasteiger charge is 2.32. The van der Waals surface area contributed by atoms with E-state index in [2.05, 4.69) is 16.2 Å². The van der Waals surface area contributed by atoms with Crippen molar-refractivity contribution < 1.29 is 30.8 Å². The van der Waals surface area contributed by atoms with Gasteiger partial charge in [0.15, 0.2) is 0 Å². The van der Waals surface area contributed by atoms with Gasteiger partial charge in [0, 0.05) is 18.2 Å². The molecular weight excluding hydrogens is 494 g/mol. The number of terminal acetylenes is 1. The molecule has 0 spiro atoms. The normalized spacial score (nSPS) is 11.9. The van der Waals surface area contributed by atoms with Crippen LogP contribution in [0.15, 0.2) is 35.4 Å². The zero-order valence-corrected chi connectivity index (χ0v) is 19.8. The van der Waals surface area contributed by atoms with Gasteiger partial charge in [0.25, 0.3) is 0 Å². The first-order chi connectivity index (χ1) is 15.8. The van der Waals surface area contributed by atoms with Crippen molar-refractivity contribution in [3.63, 3.8) is 0 Å². The third-order valence-corrected chi connectivity index (χ3v) is 5.88. The number of hydrogen-bond donors (Lipinski definition) is 2. The fourth-order valence-corrected chi connectivity index (χ4v) is 4.07. The second kappa shape index (κ2) is 11.4. The third-order valence-electron chi connectivity index (χ3n) is 4.10. The molecule has 0 unspecified atom stereocenters. The molecule has 0 saturated carbocycles. The molecule has 0 radical (unpaired) electrons. The van der Waals surface area contributed by atoms with Gasteiger partial charge in [0.1, 0.15) is 16.5 Å². The van der Waals surface area contributed by atoms with Crippen LogP contribution >= 0.6 is 11.8 Å². The van der Waals surface area contributed by atoms with Crippen molar-refractivity contribution in [1.82, 2.24) is 10.3 Å². The van der Waals surface area contributed by atoms with Gasteiger partial charge in [-0.2, -0.15) is 13.2 Å². The van der Waals surface area contributed by atoms with Gasteiger partial charge >= 0.3 is 6.18 Å². The minimum atomic E-state index is -4.58. The number of halogens is 4. The Morgan fingerprint density at radius 3 is 2.59 bits per heavy atom. The van der Waals surface area contributed by atoms with Crippen molar-refractivity contribution in [1.29, 1.82) is 0 Å². The lowest BCUT2D eigenvalue weighted by Crippen LogP contribution is -2.21. The molecule has 1 aromatic heterocycles. The Bertz CT molecular complexity index is 1240. The molecule has 0 aliphatic carbocycles. The van der Waals surface area contributed by atoms with Gasteiger partial charge in [-0.05, 0) is 42.0 Å². The molecule has 182 valence electrons. The van der Waals surface area contributed by atoms with Gasteiger partial charge in [-0.15, -0.1) is 18.2 Å². The first-order valence-electron chi connectivity index (χ1n) is 9.77. The number of alkyl halides is 3. The first kappa shape index (κ1) is 27.2. The van der Waals surface area contributed by atoms with Gasteiger partial charge in [-0.1, -0.05) is 18.9 Å². The van der Waals surface area contributed by atoms with Gasteiger partial charge in [0.05, 0.1) is 17.5 Å². The van der Waals surface area contributed by atoms with Crippen LogP contribution in [-0.2, 0) is 27.5 Å². The largest absolute Gasteiger partial charge is 0.433 e. The van der Waals surface area contributed by atoms with Crippen molar-refractivity contribution in [2.45, 2.75) is 31.1 Å². The van der Waals surface area contributed by atoms with E-state index in [1.807, 2.05) is 11.6 Å². The van der Waals surface area contributed by atoms with Crippen LogP contribution in [0.4, 0.5) is 23.2 Å². The number of carbonyl (C=O) groups excluding carboxylic acids is 1. The van der Waals surface area contributed by atoms with Gasteiger partial charge in [-0.25, -0.2) is 17.8 Å². The number of sulfonamides is 1. The maximum absolute atomic E-state index is 14.3. The van der Waals surface area contributed by atoms with Crippen molar-refractivity contribution in [2.24, 2.45) is 0 Å². The van der Waals surface area contributed by atoms with Crippen molar-refractivity contribution in [3.8, 4) is 12.3 Å². The van der Waals surface area contributed by atoms with Crippen LogP contribution in [0.5, 0.6) is 0 Å². The lowest BCUT2D eigenvalue weighted by Gasteiger charge is -2.11. The Morgan fingerprint density at radius 1 is 1.29 bits per heavy atom. The fourth-order valence-electron chi connectivity index (χ4n) is 2.63. The Hall–Kier alpha value is -3.04. The summed E-state index contributed by atoms with van der Waals surface area (Å²) in [5.41, 5.74) is -0.807. The lowest BCUT2D eigenvalue weighted by atomic mass is 10.1. The highest BCUT2D eigenvalue weighted by molar-refractivity contribution is 7.99. The smallest absolute Gasteiger partial charge is 0.348 e. The predicted octanol–water partition coefficient (Wildman–Crippen LogP) is 4.42. The summed E-state index contributed by atoms with van der Waals surface area (Å²) < 4.78 is 78.0. The Labute approximate surface area is 199 Å². The summed E-state index contributed by atoms with van der Waals surface area (Å²) in [7, 11) is -3.76. The molecule has 1 amide bonds. The Kier molecular flexibility index (Phi) is 9.12. The summed E-state index contributed by atoms with van der Waals surface area (Å²) in [5, 5.41) is 2.66. The number of aromatic nitrogens is 1. The molecule has 34 heavy (non-hydrogen) atoms. The standard InChI is InChI=1S/C22H21F4N3O3S2/c1-4-10-33-21-16(6-8-18(28-21)22(24,25)26)7-9-19(30)27-13-14-11-15(5-2)20(17(23)12-14)29-34(3,31)32/h2,6-9,11-12,29H,4,10,13H2,1,3H3,(H,27,30)/b9-7+. The summed E-state index contributed by atoms with van der Waals surface area (Å²) in [6.07, 6.45) is 4.79. The van der Waals surface area contributed by atoms with Gasteiger partial charge in [-0.3, -0.25) is 9.52 Å². The number of pyridine rings is 1. The lowest BCUT2D eigenvalue weighted by molar-refractivity contribution is -0.141. The number of thioether (sulfide) groups is 1. The number of nitrogens with one attached hydrogen (secondary N) is 2. The number of benzene rings is 1. The minimum absolute atomic E-state index is 0.0429. The maximum Gasteiger partial charge on any atom is 0.433 e. The SMILES string of the molecule is C#Cc1cc(CNC(=O)/C=C/c2ccc(C(F)(F)F)nc2SCCC)cc(F)c1NS(C)(=O)=O. The Balaban J connectivity index is 2.15. The predicted molar refractivity (Wildman–Crippen MR) is 124 cm³/mol. The van der Waals surface area contributed by atoms with Crippen LogP contribution in [0, 0.1) is 18.2 Å². The van der Waals surface area contributed by atoms with E-state index in [1.165, 1.54) is 18.2 Å². The monoisotopic (exact) mass is 515 g/mol. The number of amides is 1. The highest BCUT2D eigenvalue weighted by atomic mass is 32.2. The van der Waals surface area contributed by atoms with Crippen LogP contribution < -0.4 is 10.0 Å². The van der Waals surface area contributed by atoms with Crippen LogP contribution in [0.1, 0.15) is 35.7 Å². The van der Waals surface area contributed by atoms with Crippen LogP contribution in [-0.4, -0.2) is 31.3 Å². The molecule has 1 aromatic carbocycles. The quantitative estimate of drug-likeness (QED) is 0.223. The molecule has 0 bridgehead atoms. The molecule has 6 nitrogen and oxygen atoms in total. The number of rotatable bonds is 9. The summed E-state index contributed by atoms with van der Waals surface area (Å²) in [4.78, 5) is 15.9. The number of nitrogens with zero attached hydrogens (tertiary/aromatic N) is 1. The molecule has 0 atom stereocenters. The molecule has 12 heteroatoms. The third kappa shape index (κ3) is 8.07. The van der Waals surface area contributed by atoms with Gasteiger partial charge < -0.3 is 5.32 Å². The average molecular weight is 516 g/mol. The first-order valence-corrected chi connectivity index (χ1v) is 12.7. The summed E-state index contributed by atoms with van der Waals surface area (Å²) in [6.45, 7) is 1.75. The molecule has 2 N–H and O–H groups in total. The van der Waals surface area contributed by atoms with Gasteiger partial charge in [0.2, 0.25) is 15.9 Å². The van der Waals surface area contributed by atoms with Crippen LogP contribution in [0.3, 0.4) is 0 Å². The summed E-state index contributed by atoms with van der Waals surface area (Å²) in [6, 6.07) is 4.45. The fraction of sp³-hybridized carbons (Fsp3) is 0.273. The molecule has 2 aromatic rings. The van der Waals surface area contributed by atoms with E-state index >= 15 is 0 Å². The van der Waals surface area contributed by atoms with Crippen LogP contribution in [0.2, 0.25) is 0 Å². The second-order valence-corrected chi connectivity index (χ2v) is 9.84. The van der Waals surface area contributed by atoms with Crippen molar-refractivity contribution in [3.05, 3.63) is 58.5 Å². The average Bonchev–Trinajstić information content (AvgIpc) is 2.75. The number of anilines is 1. The molecule has 0 aliphatic heterocycles. The molecule has 0 aliphatic rings.